The van der Waals surface area contributed by atoms with E-state index < -0.39 is 10.8 Å². The molecule has 13 rings (SSSR count). The van der Waals surface area contributed by atoms with Crippen LogP contribution in [0.1, 0.15) is 44.5 Å². The van der Waals surface area contributed by atoms with E-state index in [-0.39, 0.29) is 0 Å². The predicted molar refractivity (Wildman–Crippen MR) is 263 cm³/mol. The Labute approximate surface area is 373 Å². The first-order chi connectivity index (χ1) is 31.8. The van der Waals surface area contributed by atoms with Crippen LogP contribution in [0.25, 0.3) is 44.2 Å². The Balaban J connectivity index is 1.10. The van der Waals surface area contributed by atoms with Gasteiger partial charge >= 0.3 is 0 Å². The standard InChI is InChI=1S/C62H41NO/c1-5-20-42(21-6-1)61(43-22-7-2-8-23-43)53-31-16-13-28-48(53)50-38-36-46(40-56(50)61)63(45-26-11-4-12-27-45)47-37-39-51-49-29-14-17-32-54(49)62(57(51)41-47,44-24-9-3-10-25-44)55-33-19-35-59-60(55)52-30-15-18-34-58(52)64-59/h1-41H. The average molecular weight is 816 g/mol. The Kier molecular flexibility index (Phi) is 8.07. The van der Waals surface area contributed by atoms with Crippen LogP contribution in [0.2, 0.25) is 0 Å². The number of rotatable bonds is 7. The van der Waals surface area contributed by atoms with Crippen molar-refractivity contribution < 1.29 is 4.42 Å². The number of hydrogen-bond donors (Lipinski definition) is 0. The summed E-state index contributed by atoms with van der Waals surface area (Å²) in [6.07, 6.45) is 0. The number of fused-ring (bicyclic) bond motifs is 9. The molecule has 1 heterocycles. The summed E-state index contributed by atoms with van der Waals surface area (Å²) in [6, 6.07) is 91.4. The topological polar surface area (TPSA) is 16.4 Å². The number of nitrogens with zero attached hydrogens (tertiary/aromatic N) is 1. The summed E-state index contributed by atoms with van der Waals surface area (Å²) < 4.78 is 6.62. The second-order valence-corrected chi connectivity index (χ2v) is 17.1. The Hall–Kier alpha value is -8.20. The highest BCUT2D eigenvalue weighted by Crippen LogP contribution is 2.60. The second kappa shape index (κ2) is 14.2. The van der Waals surface area contributed by atoms with E-state index in [9.17, 15) is 0 Å². The molecule has 0 saturated heterocycles. The molecule has 0 fully saturated rings. The highest BCUT2D eigenvalue weighted by Gasteiger charge is 2.49. The van der Waals surface area contributed by atoms with Gasteiger partial charge in [0, 0.05) is 27.8 Å². The van der Waals surface area contributed by atoms with Crippen LogP contribution in [0, 0.1) is 0 Å². The van der Waals surface area contributed by atoms with Crippen LogP contribution < -0.4 is 4.90 Å². The summed E-state index contributed by atoms with van der Waals surface area (Å²) in [7, 11) is 0. The number of hydrogen-bond acceptors (Lipinski definition) is 2. The summed E-state index contributed by atoms with van der Waals surface area (Å²) in [5.74, 6) is 0. The quantitative estimate of drug-likeness (QED) is 0.159. The van der Waals surface area contributed by atoms with Crippen LogP contribution in [-0.4, -0.2) is 0 Å². The highest BCUT2D eigenvalue weighted by atomic mass is 16.3. The van der Waals surface area contributed by atoms with Gasteiger partial charge in [-0.15, -0.1) is 0 Å². The van der Waals surface area contributed by atoms with Gasteiger partial charge in [0.1, 0.15) is 11.2 Å². The lowest BCUT2D eigenvalue weighted by atomic mass is 9.66. The molecule has 0 aliphatic heterocycles. The maximum atomic E-state index is 6.62. The number of benzene rings is 10. The summed E-state index contributed by atoms with van der Waals surface area (Å²) in [5, 5.41) is 2.27. The first-order valence-electron chi connectivity index (χ1n) is 22.2. The van der Waals surface area contributed by atoms with Crippen LogP contribution in [-0.2, 0) is 10.8 Å². The van der Waals surface area contributed by atoms with Crippen molar-refractivity contribution in [3.05, 3.63) is 293 Å². The zero-order valence-electron chi connectivity index (χ0n) is 35.0. The first-order valence-corrected chi connectivity index (χ1v) is 22.2. The molecule has 11 aromatic rings. The first kappa shape index (κ1) is 36.5. The maximum absolute atomic E-state index is 6.62. The molecule has 2 aliphatic carbocycles. The number of anilines is 3. The molecule has 0 N–H and O–H groups in total. The summed E-state index contributed by atoms with van der Waals surface area (Å²) >= 11 is 0. The molecule has 1 aromatic heterocycles. The third-order valence-electron chi connectivity index (χ3n) is 14.0. The van der Waals surface area contributed by atoms with E-state index >= 15 is 0 Å². The van der Waals surface area contributed by atoms with E-state index in [4.69, 9.17) is 4.42 Å². The summed E-state index contributed by atoms with van der Waals surface area (Å²) in [4.78, 5) is 2.46. The molecule has 1 atom stereocenters. The third kappa shape index (κ3) is 5.02. The Morgan fingerprint density at radius 3 is 1.30 bits per heavy atom. The second-order valence-electron chi connectivity index (χ2n) is 17.1. The minimum atomic E-state index is -0.660. The van der Waals surface area contributed by atoms with Gasteiger partial charge in [-0.2, -0.15) is 0 Å². The van der Waals surface area contributed by atoms with E-state index in [1.165, 1.54) is 66.8 Å². The third-order valence-corrected chi connectivity index (χ3v) is 14.0. The molecule has 0 saturated carbocycles. The van der Waals surface area contributed by atoms with Gasteiger partial charge in [0.2, 0.25) is 0 Å². The van der Waals surface area contributed by atoms with Gasteiger partial charge in [-0.05, 0) is 115 Å². The molecule has 64 heavy (non-hydrogen) atoms. The van der Waals surface area contributed by atoms with Gasteiger partial charge in [0.25, 0.3) is 0 Å². The molecule has 0 radical (unpaired) electrons. The summed E-state index contributed by atoms with van der Waals surface area (Å²) in [5.41, 5.74) is 18.9. The molecule has 0 bridgehead atoms. The average Bonchev–Trinajstić information content (AvgIpc) is 4.00. The van der Waals surface area contributed by atoms with Crippen LogP contribution >= 0.6 is 0 Å². The van der Waals surface area contributed by atoms with Crippen molar-refractivity contribution in [2.75, 3.05) is 4.90 Å². The zero-order valence-corrected chi connectivity index (χ0v) is 35.0. The molecule has 0 amide bonds. The molecule has 2 aliphatic rings. The van der Waals surface area contributed by atoms with Crippen LogP contribution in [0.5, 0.6) is 0 Å². The Morgan fingerprint density at radius 1 is 0.281 bits per heavy atom. The van der Waals surface area contributed by atoms with Gasteiger partial charge in [-0.1, -0.05) is 200 Å². The Morgan fingerprint density at radius 2 is 0.703 bits per heavy atom. The molecular weight excluding hydrogens is 775 g/mol. The number of furan rings is 1. The normalized spacial score (nSPS) is 15.4. The van der Waals surface area contributed by atoms with Crippen molar-refractivity contribution in [1.29, 1.82) is 0 Å². The van der Waals surface area contributed by atoms with E-state index in [1.807, 2.05) is 0 Å². The van der Waals surface area contributed by atoms with E-state index in [0.29, 0.717) is 0 Å². The summed E-state index contributed by atoms with van der Waals surface area (Å²) in [6.45, 7) is 0. The molecule has 1 unspecified atom stereocenters. The molecular formula is C62H41NO. The van der Waals surface area contributed by atoms with Crippen LogP contribution in [0.15, 0.2) is 253 Å². The monoisotopic (exact) mass is 815 g/mol. The minimum Gasteiger partial charge on any atom is -0.456 e. The fourth-order valence-electron chi connectivity index (χ4n) is 11.5. The molecule has 2 nitrogen and oxygen atoms in total. The Bertz CT molecular complexity index is 3520. The molecule has 300 valence electrons. The van der Waals surface area contributed by atoms with Gasteiger partial charge in [0.05, 0.1) is 10.8 Å². The lowest BCUT2D eigenvalue weighted by Gasteiger charge is -2.36. The number of para-hydroxylation sites is 2. The molecule has 10 aromatic carbocycles. The zero-order chi connectivity index (χ0) is 42.2. The van der Waals surface area contributed by atoms with Crippen molar-refractivity contribution in [3.8, 4) is 22.3 Å². The largest absolute Gasteiger partial charge is 0.456 e. The van der Waals surface area contributed by atoms with Crippen LogP contribution in [0.3, 0.4) is 0 Å². The fraction of sp³-hybridized carbons (Fsp3) is 0.0323. The molecule has 0 spiro atoms. The lowest BCUT2D eigenvalue weighted by Crippen LogP contribution is -2.29. The van der Waals surface area contributed by atoms with Crippen LogP contribution in [0.4, 0.5) is 17.1 Å². The van der Waals surface area contributed by atoms with E-state index in [1.54, 1.807) is 0 Å². The fourth-order valence-corrected chi connectivity index (χ4v) is 11.5. The predicted octanol–water partition coefficient (Wildman–Crippen LogP) is 15.8. The molecule has 2 heteroatoms. The SMILES string of the molecule is c1ccc(N(c2ccc3c(c2)C(c2ccccc2)(c2ccccc2)c2ccccc2-3)c2ccc3c(c2)C(c2ccccc2)(c2cccc4oc5ccccc5c24)c2ccccc2-3)cc1. The lowest BCUT2D eigenvalue weighted by molar-refractivity contribution is 0.667. The minimum absolute atomic E-state index is 0.527. The highest BCUT2D eigenvalue weighted by molar-refractivity contribution is 6.09. The van der Waals surface area contributed by atoms with Crippen molar-refractivity contribution in [2.45, 2.75) is 10.8 Å². The van der Waals surface area contributed by atoms with Crippen molar-refractivity contribution in [3.63, 3.8) is 0 Å². The smallest absolute Gasteiger partial charge is 0.135 e. The van der Waals surface area contributed by atoms with Crippen molar-refractivity contribution in [2.24, 2.45) is 0 Å². The van der Waals surface area contributed by atoms with Gasteiger partial charge < -0.3 is 9.32 Å². The van der Waals surface area contributed by atoms with E-state index in [0.717, 1.165) is 39.0 Å². The van der Waals surface area contributed by atoms with Crippen molar-refractivity contribution >= 4 is 39.0 Å². The maximum Gasteiger partial charge on any atom is 0.135 e. The van der Waals surface area contributed by atoms with Crippen molar-refractivity contribution in [1.82, 2.24) is 0 Å². The van der Waals surface area contributed by atoms with Gasteiger partial charge in [-0.25, -0.2) is 0 Å². The van der Waals surface area contributed by atoms with Gasteiger partial charge in [0.15, 0.2) is 0 Å². The van der Waals surface area contributed by atoms with Gasteiger partial charge in [-0.3, -0.25) is 0 Å². The van der Waals surface area contributed by atoms with E-state index in [2.05, 4.69) is 254 Å².